The molecule has 4 heteroatoms. The molecule has 0 aliphatic carbocycles. The van der Waals surface area contributed by atoms with E-state index in [1.54, 1.807) is 0 Å². The van der Waals surface area contributed by atoms with E-state index in [4.69, 9.17) is 18.9 Å². The fourth-order valence-corrected chi connectivity index (χ4v) is 10.5. The second-order valence-corrected chi connectivity index (χ2v) is 21.6. The summed E-state index contributed by atoms with van der Waals surface area (Å²) in [4.78, 5) is 0. The molecule has 0 unspecified atom stereocenters. The summed E-state index contributed by atoms with van der Waals surface area (Å²) in [6.45, 7) is 12.1. The van der Waals surface area contributed by atoms with Gasteiger partial charge >= 0.3 is 0 Å². The molecule has 0 aliphatic rings. The van der Waals surface area contributed by atoms with Gasteiger partial charge in [-0.25, -0.2) is 0 Å². The van der Waals surface area contributed by atoms with Crippen molar-refractivity contribution in [1.82, 2.24) is 0 Å². The summed E-state index contributed by atoms with van der Waals surface area (Å²) < 4.78 is 27.6. The molecule has 4 nitrogen and oxygen atoms in total. The van der Waals surface area contributed by atoms with E-state index in [2.05, 4.69) is 64.1 Å². The van der Waals surface area contributed by atoms with E-state index in [-0.39, 0.29) is 0 Å². The van der Waals surface area contributed by atoms with E-state index >= 15 is 0 Å². The first kappa shape index (κ1) is 61.7. The Balaban J connectivity index is 1.76. The summed E-state index contributed by atoms with van der Waals surface area (Å²) in [5.74, 6) is 3.72. The van der Waals surface area contributed by atoms with Crippen molar-refractivity contribution in [3.63, 3.8) is 0 Å². The number of unbranched alkanes of at least 4 members (excludes halogenated alkanes) is 40. The lowest BCUT2D eigenvalue weighted by molar-refractivity contribution is 0.293. The van der Waals surface area contributed by atoms with Crippen LogP contribution in [-0.4, -0.2) is 26.4 Å². The number of fused-ring (bicyclic) bond motifs is 2. The van der Waals surface area contributed by atoms with Gasteiger partial charge in [-0.15, -0.1) is 0 Å². The summed E-state index contributed by atoms with van der Waals surface area (Å²) in [6, 6.07) is 13.2. The van der Waals surface area contributed by atoms with Crippen LogP contribution < -0.4 is 18.9 Å². The van der Waals surface area contributed by atoms with E-state index in [1.165, 1.54) is 257 Å². The molecule has 70 heavy (non-hydrogen) atoms. The average Bonchev–Trinajstić information content (AvgIpc) is 3.37. The smallest absolute Gasteiger partial charge is 0.139 e. The Kier molecular flexibility index (Phi) is 39.7. The Morgan fingerprint density at radius 1 is 0.229 bits per heavy atom. The molecule has 0 heterocycles. The molecule has 0 atom stereocenters. The van der Waals surface area contributed by atoms with Gasteiger partial charge in [-0.3, -0.25) is 0 Å². The maximum atomic E-state index is 7.02. The lowest BCUT2D eigenvalue weighted by Crippen LogP contribution is -2.06. The minimum atomic E-state index is 0.705. The Labute approximate surface area is 434 Å². The zero-order chi connectivity index (χ0) is 49.6. The third-order valence-corrected chi connectivity index (χ3v) is 15.0. The summed E-state index contributed by atoms with van der Waals surface area (Å²) in [7, 11) is 0. The molecule has 0 aromatic heterocycles. The van der Waals surface area contributed by atoms with Crippen LogP contribution in [0.1, 0.15) is 310 Å². The highest BCUT2D eigenvalue weighted by molar-refractivity contribution is 6.15. The minimum Gasteiger partial charge on any atom is -0.493 e. The molecule has 0 spiro atoms. The van der Waals surface area contributed by atoms with E-state index < -0.39 is 0 Å². The van der Waals surface area contributed by atoms with Crippen molar-refractivity contribution in [3.8, 4) is 23.0 Å². The number of hydrogen-bond donors (Lipinski definition) is 0. The van der Waals surface area contributed by atoms with Crippen LogP contribution in [0.25, 0.3) is 21.5 Å². The predicted octanol–water partition coefficient (Wildman–Crippen LogP) is 22.8. The molecule has 0 bridgehead atoms. The molecular formula is C66H114O4. The molecule has 0 fully saturated rings. The summed E-state index contributed by atoms with van der Waals surface area (Å²) in [5.41, 5.74) is 0. The maximum Gasteiger partial charge on any atom is 0.139 e. The summed E-state index contributed by atoms with van der Waals surface area (Å²) >= 11 is 0. The molecule has 0 aliphatic heterocycles. The molecule has 0 saturated carbocycles. The van der Waals surface area contributed by atoms with Crippen molar-refractivity contribution in [3.05, 3.63) is 36.4 Å². The number of ether oxygens (including phenoxy) is 4. The van der Waals surface area contributed by atoms with Crippen LogP contribution in [-0.2, 0) is 0 Å². The monoisotopic (exact) mass is 971 g/mol. The van der Waals surface area contributed by atoms with Crippen molar-refractivity contribution < 1.29 is 18.9 Å². The van der Waals surface area contributed by atoms with Crippen LogP contribution in [0.2, 0.25) is 0 Å². The first-order chi connectivity index (χ1) is 34.8. The van der Waals surface area contributed by atoms with Crippen LogP contribution in [0.5, 0.6) is 23.0 Å². The van der Waals surface area contributed by atoms with Crippen molar-refractivity contribution in [2.24, 2.45) is 0 Å². The Bertz CT molecular complexity index is 1500. The third kappa shape index (κ3) is 28.6. The highest BCUT2D eigenvalue weighted by atomic mass is 16.5. The molecule has 402 valence electrons. The molecular weight excluding hydrogens is 857 g/mol. The lowest BCUT2D eigenvalue weighted by Gasteiger charge is -2.22. The van der Waals surface area contributed by atoms with Gasteiger partial charge in [-0.05, 0) is 37.8 Å². The first-order valence-corrected chi connectivity index (χ1v) is 31.3. The van der Waals surface area contributed by atoms with Gasteiger partial charge in [0.1, 0.15) is 23.0 Å². The SMILES string of the molecule is CCCCCCCCCCCCCOc1cccc2c(OCCCCCCCCCCCCC)c3c(OCCCCCCCCCCCCC)cccc3c(OCCCCCCCCCCCCC)c12. The fraction of sp³-hybridized carbons (Fsp3) is 0.788. The zero-order valence-corrected chi connectivity index (χ0v) is 47.0. The summed E-state index contributed by atoms with van der Waals surface area (Å²) in [6.07, 6.45) is 58.4. The lowest BCUT2D eigenvalue weighted by atomic mass is 9.98. The highest BCUT2D eigenvalue weighted by Gasteiger charge is 2.23. The van der Waals surface area contributed by atoms with Crippen LogP contribution in [0.4, 0.5) is 0 Å². The molecule has 3 aromatic rings. The van der Waals surface area contributed by atoms with Gasteiger partial charge in [0.05, 0.1) is 37.2 Å². The second-order valence-electron chi connectivity index (χ2n) is 21.6. The molecule has 3 rings (SSSR count). The highest BCUT2D eigenvalue weighted by Crippen LogP contribution is 2.49. The van der Waals surface area contributed by atoms with Gasteiger partial charge in [-0.1, -0.05) is 309 Å². The van der Waals surface area contributed by atoms with Crippen LogP contribution >= 0.6 is 0 Å². The minimum absolute atomic E-state index is 0.705. The van der Waals surface area contributed by atoms with E-state index in [0.717, 1.165) is 83.4 Å². The molecule has 0 radical (unpaired) electrons. The average molecular weight is 972 g/mol. The van der Waals surface area contributed by atoms with Gasteiger partial charge in [0, 0.05) is 10.8 Å². The Morgan fingerprint density at radius 3 is 0.657 bits per heavy atom. The first-order valence-electron chi connectivity index (χ1n) is 31.3. The van der Waals surface area contributed by atoms with Crippen LogP contribution in [0, 0.1) is 0 Å². The van der Waals surface area contributed by atoms with E-state index in [0.29, 0.717) is 13.2 Å². The third-order valence-electron chi connectivity index (χ3n) is 15.0. The van der Waals surface area contributed by atoms with Crippen molar-refractivity contribution in [2.75, 3.05) is 26.4 Å². The zero-order valence-electron chi connectivity index (χ0n) is 47.0. The van der Waals surface area contributed by atoms with Gasteiger partial charge in [-0.2, -0.15) is 0 Å². The Hall–Kier alpha value is -2.62. The van der Waals surface area contributed by atoms with E-state index in [1.807, 2.05) is 0 Å². The number of hydrogen-bond acceptors (Lipinski definition) is 4. The molecule has 0 amide bonds. The molecule has 0 saturated heterocycles. The van der Waals surface area contributed by atoms with Gasteiger partial charge in [0.2, 0.25) is 0 Å². The predicted molar refractivity (Wildman–Crippen MR) is 309 cm³/mol. The van der Waals surface area contributed by atoms with Crippen molar-refractivity contribution in [1.29, 1.82) is 0 Å². The topological polar surface area (TPSA) is 36.9 Å². The van der Waals surface area contributed by atoms with Crippen LogP contribution in [0.15, 0.2) is 36.4 Å². The van der Waals surface area contributed by atoms with Gasteiger partial charge in [0.25, 0.3) is 0 Å². The fourth-order valence-electron chi connectivity index (χ4n) is 10.5. The van der Waals surface area contributed by atoms with Crippen LogP contribution in [0.3, 0.4) is 0 Å². The molecule has 0 N–H and O–H groups in total. The Morgan fingerprint density at radius 2 is 0.429 bits per heavy atom. The number of rotatable bonds is 52. The van der Waals surface area contributed by atoms with Gasteiger partial charge < -0.3 is 18.9 Å². The standard InChI is InChI=1S/C66H114O4/c1-5-9-13-17-21-25-29-33-37-41-45-55-67-61-53-49-51-59-63(61)65(69-57-47-43-39-35-31-27-23-19-15-11-7-3)60-52-50-54-62(68-56-46-42-38-34-30-26-22-18-14-10-6-2)64(60)66(59)70-58-48-44-40-36-32-28-24-20-16-12-8-4/h49-54H,5-48,55-58H2,1-4H3. The molecule has 3 aromatic carbocycles. The van der Waals surface area contributed by atoms with Crippen molar-refractivity contribution >= 4 is 21.5 Å². The van der Waals surface area contributed by atoms with Crippen molar-refractivity contribution in [2.45, 2.75) is 310 Å². The second kappa shape index (κ2) is 45.0. The summed E-state index contributed by atoms with van der Waals surface area (Å²) in [5, 5.41) is 4.31. The maximum absolute atomic E-state index is 7.02. The van der Waals surface area contributed by atoms with E-state index in [9.17, 15) is 0 Å². The van der Waals surface area contributed by atoms with Gasteiger partial charge in [0.15, 0.2) is 0 Å². The normalized spacial score (nSPS) is 11.6. The number of benzene rings is 3. The largest absolute Gasteiger partial charge is 0.493 e. The quantitative estimate of drug-likeness (QED) is 0.0417.